The van der Waals surface area contributed by atoms with Crippen molar-refractivity contribution in [3.8, 4) is 10.4 Å². The molecule has 1 saturated heterocycles. The van der Waals surface area contributed by atoms with Crippen molar-refractivity contribution in [2.75, 3.05) is 13.7 Å². The molecule has 3 unspecified atom stereocenters. The number of ether oxygens (including phenoxy) is 2. The number of aliphatic hydroxyl groups is 1. The molecule has 1 aliphatic rings. The maximum atomic E-state index is 10.1. The number of rotatable bonds is 4. The fraction of sp³-hybridized carbons (Fsp3) is 0.375. The fourth-order valence-corrected chi connectivity index (χ4v) is 3.73. The second-order valence-corrected chi connectivity index (χ2v) is 6.50. The standard InChI is InChI=1S/C16H17N3O3S/c1-21-8-12-11(20)7-14(22-12)19-9-18-15-10(4-5-17-16(15)19)13-3-2-6-23-13/h2-6,9,11-12,14,20H,7-8H2,1H3. The summed E-state index contributed by atoms with van der Waals surface area (Å²) in [6.07, 6.45) is 2.89. The number of imidazole rings is 1. The van der Waals surface area contributed by atoms with Crippen LogP contribution in [0.4, 0.5) is 0 Å². The molecule has 7 heteroatoms. The molecule has 1 aliphatic heterocycles. The molecule has 0 amide bonds. The molecule has 1 fully saturated rings. The third kappa shape index (κ3) is 2.55. The lowest BCUT2D eigenvalue weighted by atomic mass is 10.2. The second-order valence-electron chi connectivity index (χ2n) is 5.55. The predicted molar refractivity (Wildman–Crippen MR) is 87.3 cm³/mol. The normalized spacial score (nSPS) is 24.5. The molecule has 0 saturated carbocycles. The van der Waals surface area contributed by atoms with Crippen molar-refractivity contribution in [3.63, 3.8) is 0 Å². The van der Waals surface area contributed by atoms with E-state index in [1.165, 1.54) is 0 Å². The summed E-state index contributed by atoms with van der Waals surface area (Å²) in [4.78, 5) is 10.2. The number of nitrogens with zero attached hydrogens (tertiary/aromatic N) is 3. The van der Waals surface area contributed by atoms with Gasteiger partial charge in [-0.2, -0.15) is 0 Å². The number of aromatic nitrogens is 3. The van der Waals surface area contributed by atoms with E-state index in [1.54, 1.807) is 31.0 Å². The zero-order valence-corrected chi connectivity index (χ0v) is 13.4. The van der Waals surface area contributed by atoms with Gasteiger partial charge in [0.15, 0.2) is 5.65 Å². The van der Waals surface area contributed by atoms with E-state index in [0.717, 1.165) is 21.6 Å². The lowest BCUT2D eigenvalue weighted by Crippen LogP contribution is -2.25. The van der Waals surface area contributed by atoms with Gasteiger partial charge in [-0.1, -0.05) is 6.07 Å². The molecule has 1 N–H and O–H groups in total. The van der Waals surface area contributed by atoms with Gasteiger partial charge in [0.1, 0.15) is 17.8 Å². The Morgan fingerprint density at radius 2 is 2.35 bits per heavy atom. The molecule has 3 aromatic heterocycles. The molecular weight excluding hydrogens is 314 g/mol. The van der Waals surface area contributed by atoms with Gasteiger partial charge in [-0.25, -0.2) is 9.97 Å². The number of methoxy groups -OCH3 is 1. The van der Waals surface area contributed by atoms with Gasteiger partial charge < -0.3 is 14.6 Å². The Morgan fingerprint density at radius 3 is 3.13 bits per heavy atom. The number of aliphatic hydroxyl groups excluding tert-OH is 1. The number of pyridine rings is 1. The molecule has 3 aromatic rings. The van der Waals surface area contributed by atoms with E-state index in [0.29, 0.717) is 13.0 Å². The van der Waals surface area contributed by atoms with Gasteiger partial charge in [0.25, 0.3) is 0 Å². The van der Waals surface area contributed by atoms with Crippen LogP contribution in [0.25, 0.3) is 21.6 Å². The molecule has 0 spiro atoms. The Labute approximate surface area is 137 Å². The average molecular weight is 331 g/mol. The third-order valence-electron chi connectivity index (χ3n) is 4.09. The lowest BCUT2D eigenvalue weighted by Gasteiger charge is -2.14. The first-order valence-corrected chi connectivity index (χ1v) is 8.34. The molecule has 0 aromatic carbocycles. The van der Waals surface area contributed by atoms with E-state index in [-0.39, 0.29) is 12.3 Å². The molecule has 120 valence electrons. The van der Waals surface area contributed by atoms with Crippen molar-refractivity contribution in [1.29, 1.82) is 0 Å². The van der Waals surface area contributed by atoms with Crippen LogP contribution in [0.3, 0.4) is 0 Å². The van der Waals surface area contributed by atoms with Gasteiger partial charge in [-0.3, -0.25) is 4.57 Å². The average Bonchev–Trinajstić information content (AvgIpc) is 3.27. The van der Waals surface area contributed by atoms with Gasteiger partial charge in [-0.05, 0) is 17.5 Å². The fourth-order valence-electron chi connectivity index (χ4n) is 2.98. The van der Waals surface area contributed by atoms with Crippen LogP contribution in [0, 0.1) is 0 Å². The van der Waals surface area contributed by atoms with Crippen LogP contribution in [0.2, 0.25) is 0 Å². The minimum absolute atomic E-state index is 0.277. The minimum atomic E-state index is -0.544. The first-order chi connectivity index (χ1) is 11.3. The summed E-state index contributed by atoms with van der Waals surface area (Å²) < 4.78 is 12.9. The minimum Gasteiger partial charge on any atom is -0.390 e. The number of hydrogen-bond acceptors (Lipinski definition) is 6. The molecule has 4 rings (SSSR count). The topological polar surface area (TPSA) is 69.4 Å². The molecule has 3 atom stereocenters. The number of thiophene rings is 1. The van der Waals surface area contributed by atoms with Crippen LogP contribution in [-0.2, 0) is 9.47 Å². The van der Waals surface area contributed by atoms with Crippen LogP contribution < -0.4 is 0 Å². The van der Waals surface area contributed by atoms with Crippen molar-refractivity contribution in [2.24, 2.45) is 0 Å². The van der Waals surface area contributed by atoms with Gasteiger partial charge in [-0.15, -0.1) is 11.3 Å². The van der Waals surface area contributed by atoms with Gasteiger partial charge >= 0.3 is 0 Å². The zero-order valence-electron chi connectivity index (χ0n) is 12.6. The maximum Gasteiger partial charge on any atom is 0.162 e. The highest BCUT2D eigenvalue weighted by atomic mass is 32.1. The van der Waals surface area contributed by atoms with Crippen molar-refractivity contribution >= 4 is 22.5 Å². The van der Waals surface area contributed by atoms with E-state index in [1.807, 2.05) is 22.1 Å². The van der Waals surface area contributed by atoms with E-state index in [9.17, 15) is 5.11 Å². The Bertz CT molecular complexity index is 802. The van der Waals surface area contributed by atoms with E-state index >= 15 is 0 Å². The third-order valence-corrected chi connectivity index (χ3v) is 5.00. The molecule has 6 nitrogen and oxygen atoms in total. The lowest BCUT2D eigenvalue weighted by molar-refractivity contribution is -0.0523. The molecule has 0 radical (unpaired) electrons. The van der Waals surface area contributed by atoms with Crippen molar-refractivity contribution in [2.45, 2.75) is 24.9 Å². The number of hydrogen-bond donors (Lipinski definition) is 1. The van der Waals surface area contributed by atoms with Crippen LogP contribution in [0.15, 0.2) is 36.1 Å². The van der Waals surface area contributed by atoms with Gasteiger partial charge in [0.2, 0.25) is 0 Å². The summed E-state index contributed by atoms with van der Waals surface area (Å²) >= 11 is 1.67. The Balaban J connectivity index is 1.71. The van der Waals surface area contributed by atoms with Crippen LogP contribution in [0.1, 0.15) is 12.6 Å². The first-order valence-electron chi connectivity index (χ1n) is 7.46. The maximum absolute atomic E-state index is 10.1. The van der Waals surface area contributed by atoms with Crippen molar-refractivity contribution in [1.82, 2.24) is 14.5 Å². The SMILES string of the molecule is COCC1OC(n2cnc3c(-c4cccs4)ccnc32)CC1O. The van der Waals surface area contributed by atoms with Crippen molar-refractivity contribution in [3.05, 3.63) is 36.1 Å². The highest BCUT2D eigenvalue weighted by Crippen LogP contribution is 2.34. The zero-order chi connectivity index (χ0) is 15.8. The first kappa shape index (κ1) is 14.8. The van der Waals surface area contributed by atoms with Crippen LogP contribution in [0.5, 0.6) is 0 Å². The molecule has 23 heavy (non-hydrogen) atoms. The monoisotopic (exact) mass is 331 g/mol. The highest BCUT2D eigenvalue weighted by Gasteiger charge is 2.35. The Morgan fingerprint density at radius 1 is 1.43 bits per heavy atom. The Hall–Kier alpha value is -1.80. The van der Waals surface area contributed by atoms with Crippen LogP contribution in [-0.4, -0.2) is 45.6 Å². The largest absolute Gasteiger partial charge is 0.390 e. The second kappa shape index (κ2) is 6.01. The summed E-state index contributed by atoms with van der Waals surface area (Å²) in [5, 5.41) is 12.2. The predicted octanol–water partition coefficient (Wildman–Crippen LogP) is 2.45. The quantitative estimate of drug-likeness (QED) is 0.795. The van der Waals surface area contributed by atoms with E-state index in [2.05, 4.69) is 16.0 Å². The van der Waals surface area contributed by atoms with E-state index in [4.69, 9.17) is 9.47 Å². The number of fused-ring (bicyclic) bond motifs is 1. The molecular formula is C16H17N3O3S. The molecule has 4 heterocycles. The molecule has 0 aliphatic carbocycles. The van der Waals surface area contributed by atoms with Crippen molar-refractivity contribution < 1.29 is 14.6 Å². The Kier molecular flexibility index (Phi) is 3.86. The summed E-state index contributed by atoms with van der Waals surface area (Å²) in [6.45, 7) is 0.373. The van der Waals surface area contributed by atoms with E-state index < -0.39 is 6.10 Å². The summed E-state index contributed by atoms with van der Waals surface area (Å²) in [5.74, 6) is 0. The summed E-state index contributed by atoms with van der Waals surface area (Å²) in [6, 6.07) is 6.07. The van der Waals surface area contributed by atoms with Crippen LogP contribution >= 0.6 is 11.3 Å². The van der Waals surface area contributed by atoms with Gasteiger partial charge in [0.05, 0.1) is 19.0 Å². The summed E-state index contributed by atoms with van der Waals surface area (Å²) in [5.41, 5.74) is 2.69. The smallest absolute Gasteiger partial charge is 0.162 e. The molecule has 0 bridgehead atoms. The van der Waals surface area contributed by atoms with Gasteiger partial charge in [0, 0.05) is 30.2 Å². The highest BCUT2D eigenvalue weighted by molar-refractivity contribution is 7.13. The summed E-state index contributed by atoms with van der Waals surface area (Å²) in [7, 11) is 1.60.